The molecular formula is C44H55NO6. The van der Waals surface area contributed by atoms with Gasteiger partial charge in [0, 0.05) is 23.7 Å². The number of benzene rings is 4. The lowest BCUT2D eigenvalue weighted by Crippen LogP contribution is -2.28. The van der Waals surface area contributed by atoms with E-state index in [1.807, 2.05) is 26.8 Å². The van der Waals surface area contributed by atoms with Crippen molar-refractivity contribution in [2.75, 3.05) is 44.5 Å². The molecule has 0 aromatic heterocycles. The SMILES string of the molecule is CCOCCOCCOC(=O)C(C)CC(C(=O)OCCCc1ccc(N(c2ccc(-c3ccccc3)cc2)c2ccc(C)c(C)c2)cc1)C(C)C. The van der Waals surface area contributed by atoms with Crippen LogP contribution in [-0.2, 0) is 35.0 Å². The molecule has 4 aromatic carbocycles. The smallest absolute Gasteiger partial charge is 0.309 e. The van der Waals surface area contributed by atoms with Crippen molar-refractivity contribution in [3.63, 3.8) is 0 Å². The molecule has 51 heavy (non-hydrogen) atoms. The molecule has 0 bridgehead atoms. The van der Waals surface area contributed by atoms with E-state index in [4.69, 9.17) is 18.9 Å². The number of aryl methyl sites for hydroxylation is 3. The number of rotatable bonds is 20. The Balaban J connectivity index is 1.31. The Bertz CT molecular complexity index is 1630. The van der Waals surface area contributed by atoms with Crippen LogP contribution < -0.4 is 4.90 Å². The van der Waals surface area contributed by atoms with Crippen LogP contribution >= 0.6 is 0 Å². The highest BCUT2D eigenvalue weighted by Gasteiger charge is 2.29. The summed E-state index contributed by atoms with van der Waals surface area (Å²) in [5.74, 6) is -1.35. The highest BCUT2D eigenvalue weighted by molar-refractivity contribution is 5.79. The average molecular weight is 694 g/mol. The zero-order valence-corrected chi connectivity index (χ0v) is 31.2. The first-order valence-corrected chi connectivity index (χ1v) is 18.3. The van der Waals surface area contributed by atoms with Crippen LogP contribution in [0.2, 0.25) is 0 Å². The molecule has 0 saturated carbocycles. The molecular weight excluding hydrogens is 638 g/mol. The molecule has 0 aliphatic rings. The highest BCUT2D eigenvalue weighted by Crippen LogP contribution is 2.36. The normalized spacial score (nSPS) is 12.4. The fourth-order valence-electron chi connectivity index (χ4n) is 5.94. The highest BCUT2D eigenvalue weighted by atomic mass is 16.6. The van der Waals surface area contributed by atoms with E-state index in [9.17, 15) is 9.59 Å². The number of nitrogens with zero attached hydrogens (tertiary/aromatic N) is 1. The van der Waals surface area contributed by atoms with Crippen molar-refractivity contribution in [3.05, 3.63) is 114 Å². The van der Waals surface area contributed by atoms with Gasteiger partial charge in [-0.25, -0.2) is 0 Å². The van der Waals surface area contributed by atoms with Gasteiger partial charge in [0.05, 0.1) is 38.3 Å². The molecule has 0 radical (unpaired) electrons. The predicted octanol–water partition coefficient (Wildman–Crippen LogP) is 9.81. The summed E-state index contributed by atoms with van der Waals surface area (Å²) in [5.41, 5.74) is 9.31. The van der Waals surface area contributed by atoms with E-state index in [1.165, 1.54) is 27.8 Å². The Hall–Kier alpha value is -4.46. The maximum atomic E-state index is 13.1. The molecule has 7 heteroatoms. The summed E-state index contributed by atoms with van der Waals surface area (Å²) in [6.45, 7) is 14.4. The Morgan fingerprint density at radius 1 is 0.627 bits per heavy atom. The van der Waals surface area contributed by atoms with Crippen molar-refractivity contribution in [1.82, 2.24) is 0 Å². The van der Waals surface area contributed by atoms with Gasteiger partial charge in [-0.15, -0.1) is 0 Å². The van der Waals surface area contributed by atoms with Crippen molar-refractivity contribution in [2.24, 2.45) is 17.8 Å². The van der Waals surface area contributed by atoms with Gasteiger partial charge >= 0.3 is 11.9 Å². The first-order chi connectivity index (χ1) is 24.7. The molecule has 2 atom stereocenters. The molecule has 4 aromatic rings. The minimum atomic E-state index is -0.419. The van der Waals surface area contributed by atoms with Crippen LogP contribution in [0.3, 0.4) is 0 Å². The van der Waals surface area contributed by atoms with Crippen molar-refractivity contribution in [1.29, 1.82) is 0 Å². The zero-order chi connectivity index (χ0) is 36.6. The van der Waals surface area contributed by atoms with Gasteiger partial charge in [0.15, 0.2) is 0 Å². The van der Waals surface area contributed by atoms with Crippen LogP contribution in [-0.4, -0.2) is 51.6 Å². The van der Waals surface area contributed by atoms with Gasteiger partial charge in [-0.2, -0.15) is 0 Å². The lowest BCUT2D eigenvalue weighted by atomic mass is 9.87. The molecule has 7 nitrogen and oxygen atoms in total. The van der Waals surface area contributed by atoms with Crippen LogP contribution in [0.1, 0.15) is 57.2 Å². The Morgan fingerprint density at radius 2 is 1.22 bits per heavy atom. The Morgan fingerprint density at radius 3 is 1.86 bits per heavy atom. The quantitative estimate of drug-likeness (QED) is 0.0674. The minimum Gasteiger partial charge on any atom is -0.465 e. The number of carbonyl (C=O) groups excluding carboxylic acids is 2. The molecule has 0 spiro atoms. The first-order valence-electron chi connectivity index (χ1n) is 18.3. The number of anilines is 3. The molecule has 0 saturated heterocycles. The average Bonchev–Trinajstić information content (AvgIpc) is 3.14. The lowest BCUT2D eigenvalue weighted by molar-refractivity contribution is -0.154. The van der Waals surface area contributed by atoms with Crippen molar-refractivity contribution in [3.8, 4) is 11.1 Å². The molecule has 272 valence electrons. The van der Waals surface area contributed by atoms with Gasteiger partial charge in [0.2, 0.25) is 0 Å². The van der Waals surface area contributed by atoms with E-state index < -0.39 is 5.92 Å². The number of ether oxygens (including phenoxy) is 4. The van der Waals surface area contributed by atoms with Crippen molar-refractivity contribution >= 4 is 29.0 Å². The van der Waals surface area contributed by atoms with Crippen LogP contribution in [0.25, 0.3) is 11.1 Å². The van der Waals surface area contributed by atoms with Gasteiger partial charge in [0.1, 0.15) is 6.61 Å². The molecule has 4 rings (SSSR count). The van der Waals surface area contributed by atoms with Crippen molar-refractivity contribution in [2.45, 2.75) is 60.8 Å². The standard InChI is InChI=1S/C44H55NO6/c1-7-48-26-27-49-28-29-51-43(46)35(6)31-42(32(2)3)44(47)50-25-11-12-36-16-21-39(22-17-36)45(41-20-15-33(4)34(5)30-41)40-23-18-38(19-24-40)37-13-9-8-10-14-37/h8-10,13-24,30,32,35,42H,7,11-12,25-29,31H2,1-6H3. The second-order valence-electron chi connectivity index (χ2n) is 13.4. The van der Waals surface area contributed by atoms with Gasteiger partial charge in [0.25, 0.3) is 0 Å². The van der Waals surface area contributed by atoms with Gasteiger partial charge in [-0.3, -0.25) is 9.59 Å². The monoisotopic (exact) mass is 693 g/mol. The van der Waals surface area contributed by atoms with E-state index in [2.05, 4.69) is 110 Å². The Kier molecular flexibility index (Phi) is 15.7. The van der Waals surface area contributed by atoms with Crippen LogP contribution in [0, 0.1) is 31.6 Å². The number of carbonyl (C=O) groups is 2. The lowest BCUT2D eigenvalue weighted by Gasteiger charge is -2.26. The fourth-order valence-corrected chi connectivity index (χ4v) is 5.94. The van der Waals surface area contributed by atoms with Gasteiger partial charge in [-0.05, 0) is 110 Å². The van der Waals surface area contributed by atoms with Crippen LogP contribution in [0.4, 0.5) is 17.1 Å². The summed E-state index contributed by atoms with van der Waals surface area (Å²) >= 11 is 0. The second kappa shape index (κ2) is 20.4. The van der Waals surface area contributed by atoms with E-state index in [0.29, 0.717) is 45.9 Å². The minimum absolute atomic E-state index is 0.0389. The summed E-state index contributed by atoms with van der Waals surface area (Å²) in [4.78, 5) is 27.9. The molecule has 0 aliphatic heterocycles. The summed E-state index contributed by atoms with van der Waals surface area (Å²) in [6.07, 6.45) is 1.87. The van der Waals surface area contributed by atoms with Crippen molar-refractivity contribution < 1.29 is 28.5 Å². The molecule has 0 heterocycles. The summed E-state index contributed by atoms with van der Waals surface area (Å²) < 4.78 is 21.7. The largest absolute Gasteiger partial charge is 0.465 e. The zero-order valence-electron chi connectivity index (χ0n) is 31.2. The maximum Gasteiger partial charge on any atom is 0.309 e. The third-order valence-corrected chi connectivity index (χ3v) is 9.20. The van der Waals surface area contributed by atoms with Gasteiger partial charge < -0.3 is 23.8 Å². The van der Waals surface area contributed by atoms with Gasteiger partial charge in [-0.1, -0.05) is 81.4 Å². The van der Waals surface area contributed by atoms with E-state index >= 15 is 0 Å². The number of hydrogen-bond acceptors (Lipinski definition) is 7. The van der Waals surface area contributed by atoms with E-state index in [-0.39, 0.29) is 30.4 Å². The first kappa shape index (κ1) is 39.3. The summed E-state index contributed by atoms with van der Waals surface area (Å²) in [5, 5.41) is 0. The molecule has 0 N–H and O–H groups in total. The van der Waals surface area contributed by atoms with Crippen LogP contribution in [0.5, 0.6) is 0 Å². The Labute approximate surface area is 304 Å². The number of esters is 2. The second-order valence-corrected chi connectivity index (χ2v) is 13.4. The van der Waals surface area contributed by atoms with Crippen LogP contribution in [0.15, 0.2) is 97.1 Å². The van der Waals surface area contributed by atoms with E-state index in [0.717, 1.165) is 23.5 Å². The molecule has 0 amide bonds. The maximum absolute atomic E-state index is 13.1. The molecule has 2 unspecified atom stereocenters. The molecule has 0 aliphatic carbocycles. The topological polar surface area (TPSA) is 74.3 Å². The summed E-state index contributed by atoms with van der Waals surface area (Å²) in [7, 11) is 0. The fraction of sp³-hybridized carbons (Fsp3) is 0.409. The third kappa shape index (κ3) is 12.1. The van der Waals surface area contributed by atoms with E-state index in [1.54, 1.807) is 6.92 Å². The summed E-state index contributed by atoms with van der Waals surface area (Å²) in [6, 6.07) is 34.3. The molecule has 0 fully saturated rings. The predicted molar refractivity (Wildman–Crippen MR) is 206 cm³/mol. The number of hydrogen-bond donors (Lipinski definition) is 0. The third-order valence-electron chi connectivity index (χ3n) is 9.20.